The number of hydrogen-bond acceptors (Lipinski definition) is 5. The number of epoxide rings is 2. The topological polar surface area (TPSA) is 60.6 Å². The summed E-state index contributed by atoms with van der Waals surface area (Å²) < 4.78 is 21.2. The maximum atomic E-state index is 12.0. The van der Waals surface area contributed by atoms with Crippen molar-refractivity contribution in [1.82, 2.24) is 0 Å². The third-order valence-corrected chi connectivity index (χ3v) is 3.71. The molecule has 2 aromatic rings. The van der Waals surface area contributed by atoms with Crippen molar-refractivity contribution < 1.29 is 23.7 Å². The number of carbonyl (C=O) groups is 1. The van der Waals surface area contributed by atoms with E-state index < -0.39 is 0 Å². The fraction of sp³-hybridized carbons (Fsp3) is 0.353. The van der Waals surface area contributed by atoms with Gasteiger partial charge >= 0.3 is 5.97 Å². The molecule has 0 spiro atoms. The zero-order chi connectivity index (χ0) is 14.9. The average Bonchev–Trinajstić information content (AvgIpc) is 3.44. The zero-order valence-corrected chi connectivity index (χ0v) is 12.0. The van der Waals surface area contributed by atoms with Gasteiger partial charge < -0.3 is 18.9 Å². The first-order chi connectivity index (χ1) is 10.8. The van der Waals surface area contributed by atoms with Gasteiger partial charge in [0.25, 0.3) is 0 Å². The van der Waals surface area contributed by atoms with Gasteiger partial charge in [0.15, 0.2) is 0 Å². The van der Waals surface area contributed by atoms with E-state index >= 15 is 0 Å². The van der Waals surface area contributed by atoms with E-state index in [1.165, 1.54) is 0 Å². The molecule has 2 aliphatic heterocycles. The van der Waals surface area contributed by atoms with Crippen LogP contribution in [-0.4, -0.2) is 44.6 Å². The molecule has 0 bridgehead atoms. The smallest absolute Gasteiger partial charge is 0.338 e. The summed E-state index contributed by atoms with van der Waals surface area (Å²) in [4.78, 5) is 12.0. The highest BCUT2D eigenvalue weighted by Crippen LogP contribution is 2.27. The van der Waals surface area contributed by atoms with Crippen LogP contribution in [0.15, 0.2) is 36.4 Å². The number of esters is 1. The first-order valence-corrected chi connectivity index (χ1v) is 7.35. The van der Waals surface area contributed by atoms with Crippen molar-refractivity contribution in [2.75, 3.05) is 26.4 Å². The summed E-state index contributed by atoms with van der Waals surface area (Å²) in [5.41, 5.74) is 0.538. The Morgan fingerprint density at radius 3 is 2.64 bits per heavy atom. The van der Waals surface area contributed by atoms with Crippen molar-refractivity contribution in [2.24, 2.45) is 0 Å². The second-order valence-corrected chi connectivity index (χ2v) is 5.51. The van der Waals surface area contributed by atoms with Crippen LogP contribution in [0.25, 0.3) is 10.8 Å². The molecule has 5 heteroatoms. The van der Waals surface area contributed by atoms with Gasteiger partial charge in [-0.1, -0.05) is 12.1 Å². The highest BCUT2D eigenvalue weighted by atomic mass is 16.6. The van der Waals surface area contributed by atoms with Crippen molar-refractivity contribution in [1.29, 1.82) is 0 Å². The van der Waals surface area contributed by atoms with Gasteiger partial charge in [0, 0.05) is 5.39 Å². The summed E-state index contributed by atoms with van der Waals surface area (Å²) in [5.74, 6) is 0.481. The Morgan fingerprint density at radius 2 is 1.86 bits per heavy atom. The molecule has 0 amide bonds. The molecular weight excluding hydrogens is 284 g/mol. The SMILES string of the molecule is O=C(OCC1CO1)c1ccc2c(OCC3CO3)cccc2c1. The highest BCUT2D eigenvalue weighted by Gasteiger charge is 2.25. The Morgan fingerprint density at radius 1 is 1.09 bits per heavy atom. The summed E-state index contributed by atoms with van der Waals surface area (Å²) in [7, 11) is 0. The number of fused-ring (bicyclic) bond motifs is 1. The third-order valence-electron chi connectivity index (χ3n) is 3.71. The molecule has 2 fully saturated rings. The van der Waals surface area contributed by atoms with Crippen LogP contribution >= 0.6 is 0 Å². The van der Waals surface area contributed by atoms with Crippen LogP contribution in [0.2, 0.25) is 0 Å². The van der Waals surface area contributed by atoms with Crippen LogP contribution in [-0.2, 0) is 14.2 Å². The highest BCUT2D eigenvalue weighted by molar-refractivity contribution is 5.97. The molecule has 0 saturated carbocycles. The summed E-state index contributed by atoms with van der Waals surface area (Å²) >= 11 is 0. The molecule has 0 aliphatic carbocycles. The van der Waals surface area contributed by atoms with Gasteiger partial charge in [-0.2, -0.15) is 0 Å². The summed E-state index contributed by atoms with van der Waals surface area (Å²) in [6.45, 7) is 2.33. The molecule has 2 aliphatic rings. The van der Waals surface area contributed by atoms with E-state index in [4.69, 9.17) is 18.9 Å². The Balaban J connectivity index is 1.52. The number of carbonyl (C=O) groups excluding carboxylic acids is 1. The van der Waals surface area contributed by atoms with Crippen molar-refractivity contribution in [3.63, 3.8) is 0 Å². The molecule has 2 saturated heterocycles. The van der Waals surface area contributed by atoms with E-state index in [2.05, 4.69) is 0 Å². The van der Waals surface area contributed by atoms with Gasteiger partial charge in [0.05, 0.1) is 18.8 Å². The fourth-order valence-electron chi connectivity index (χ4n) is 2.27. The number of hydrogen-bond donors (Lipinski definition) is 0. The van der Waals surface area contributed by atoms with E-state index in [9.17, 15) is 4.79 Å². The molecule has 2 aromatic carbocycles. The van der Waals surface area contributed by atoms with Crippen LogP contribution in [0.3, 0.4) is 0 Å². The van der Waals surface area contributed by atoms with Crippen LogP contribution in [0.4, 0.5) is 0 Å². The minimum absolute atomic E-state index is 0.0778. The summed E-state index contributed by atoms with van der Waals surface area (Å²) in [6.07, 6.45) is 0.295. The first kappa shape index (κ1) is 13.5. The van der Waals surface area contributed by atoms with E-state index in [1.807, 2.05) is 30.3 Å². The van der Waals surface area contributed by atoms with Crippen molar-refractivity contribution in [3.8, 4) is 5.75 Å². The largest absolute Gasteiger partial charge is 0.490 e. The maximum absolute atomic E-state index is 12.0. The second-order valence-electron chi connectivity index (χ2n) is 5.51. The van der Waals surface area contributed by atoms with Crippen LogP contribution < -0.4 is 4.74 Å². The molecule has 2 atom stereocenters. The van der Waals surface area contributed by atoms with E-state index in [-0.39, 0.29) is 18.2 Å². The first-order valence-electron chi connectivity index (χ1n) is 7.35. The zero-order valence-electron chi connectivity index (χ0n) is 12.0. The minimum Gasteiger partial charge on any atom is -0.490 e. The van der Waals surface area contributed by atoms with Gasteiger partial charge in [-0.25, -0.2) is 4.79 Å². The Hall–Kier alpha value is -2.11. The third kappa shape index (κ3) is 3.05. The molecule has 5 nitrogen and oxygen atoms in total. The molecule has 114 valence electrons. The average molecular weight is 300 g/mol. The summed E-state index contributed by atoms with van der Waals surface area (Å²) in [6, 6.07) is 11.3. The quantitative estimate of drug-likeness (QED) is 0.604. The van der Waals surface area contributed by atoms with Gasteiger partial charge in [0.2, 0.25) is 0 Å². The van der Waals surface area contributed by atoms with Crippen molar-refractivity contribution in [2.45, 2.75) is 12.2 Å². The maximum Gasteiger partial charge on any atom is 0.338 e. The Kier molecular flexibility index (Phi) is 3.44. The molecular formula is C17H16O5. The van der Waals surface area contributed by atoms with E-state index in [1.54, 1.807) is 6.07 Å². The predicted octanol–water partition coefficient (Wildman–Crippen LogP) is 2.17. The lowest BCUT2D eigenvalue weighted by Crippen LogP contribution is -2.10. The molecule has 2 unspecified atom stereocenters. The minimum atomic E-state index is -0.324. The Bertz CT molecular complexity index is 703. The normalized spacial score (nSPS) is 22.4. The lowest BCUT2D eigenvalue weighted by molar-refractivity contribution is 0.0477. The molecule has 0 radical (unpaired) electrons. The van der Waals surface area contributed by atoms with Crippen LogP contribution in [0.5, 0.6) is 5.75 Å². The van der Waals surface area contributed by atoms with E-state index in [0.717, 1.165) is 23.1 Å². The lowest BCUT2D eigenvalue weighted by Gasteiger charge is -2.09. The van der Waals surface area contributed by atoms with Crippen molar-refractivity contribution >= 4 is 16.7 Å². The second kappa shape index (κ2) is 5.59. The predicted molar refractivity (Wildman–Crippen MR) is 79.2 cm³/mol. The fourth-order valence-corrected chi connectivity index (χ4v) is 2.27. The van der Waals surface area contributed by atoms with E-state index in [0.29, 0.717) is 25.4 Å². The standard InChI is InChI=1S/C17H16O5/c18-17(22-10-14-8-20-14)12-4-5-15-11(6-12)2-1-3-16(15)21-9-13-7-19-13/h1-6,13-14H,7-10H2. The molecule has 0 N–H and O–H groups in total. The van der Waals surface area contributed by atoms with Gasteiger partial charge in [-0.3, -0.25) is 0 Å². The van der Waals surface area contributed by atoms with Gasteiger partial charge in [-0.15, -0.1) is 0 Å². The van der Waals surface area contributed by atoms with Crippen LogP contribution in [0.1, 0.15) is 10.4 Å². The van der Waals surface area contributed by atoms with Crippen molar-refractivity contribution in [3.05, 3.63) is 42.0 Å². The Labute approximate surface area is 127 Å². The lowest BCUT2D eigenvalue weighted by atomic mass is 10.1. The monoisotopic (exact) mass is 300 g/mol. The number of rotatable bonds is 6. The molecule has 2 heterocycles. The molecule has 4 rings (SSSR count). The van der Waals surface area contributed by atoms with Gasteiger partial charge in [-0.05, 0) is 29.7 Å². The molecule has 0 aromatic heterocycles. The number of ether oxygens (including phenoxy) is 4. The van der Waals surface area contributed by atoms with Crippen LogP contribution in [0, 0.1) is 0 Å². The van der Waals surface area contributed by atoms with Gasteiger partial charge in [0.1, 0.15) is 31.2 Å². The molecule has 22 heavy (non-hydrogen) atoms. The summed E-state index contributed by atoms with van der Waals surface area (Å²) in [5, 5.41) is 1.93. The number of benzene rings is 2.